The van der Waals surface area contributed by atoms with Crippen LogP contribution >= 0.6 is 0 Å². The van der Waals surface area contributed by atoms with Crippen LogP contribution in [0.3, 0.4) is 0 Å². The summed E-state index contributed by atoms with van der Waals surface area (Å²) < 4.78 is 16.7. The van der Waals surface area contributed by atoms with E-state index >= 15 is 0 Å². The van der Waals surface area contributed by atoms with Crippen LogP contribution in [0.4, 0.5) is 5.69 Å². The van der Waals surface area contributed by atoms with E-state index < -0.39 is 0 Å². The zero-order chi connectivity index (χ0) is 26.0. The fraction of sp³-hybridized carbons (Fsp3) is 0.323. The lowest BCUT2D eigenvalue weighted by Crippen LogP contribution is -2.46. The minimum absolute atomic E-state index is 0.555. The van der Waals surface area contributed by atoms with Crippen LogP contribution in [0, 0.1) is 0 Å². The number of methoxy groups -OCH3 is 1. The number of hydrogen-bond donors (Lipinski definition) is 1. The standard InChI is InChI=1S/C31H36N4O3/c1-36-28-14-10-27(11-15-28)35-20-18-34(19-21-35)17-5-16-32-23-30-22-31(33-38-30)26-8-12-29(13-9-26)37-24-25-6-3-2-4-7-25/h2-4,6-15,22,32H,5,16-21,23-24H2,1H3. The molecule has 7 nitrogen and oxygen atoms in total. The Morgan fingerprint density at radius 2 is 1.61 bits per heavy atom. The lowest BCUT2D eigenvalue weighted by molar-refractivity contribution is 0.253. The minimum atomic E-state index is 0.555. The number of anilines is 1. The van der Waals surface area contributed by atoms with Crippen molar-refractivity contribution in [2.75, 3.05) is 51.3 Å². The van der Waals surface area contributed by atoms with Gasteiger partial charge in [0, 0.05) is 43.5 Å². The zero-order valence-electron chi connectivity index (χ0n) is 22.0. The summed E-state index contributed by atoms with van der Waals surface area (Å²) in [5.74, 6) is 2.59. The normalized spacial score (nSPS) is 14.0. The number of piperazine rings is 1. The molecule has 4 aromatic rings. The van der Waals surface area contributed by atoms with Crippen molar-refractivity contribution < 1.29 is 14.0 Å². The van der Waals surface area contributed by atoms with Crippen molar-refractivity contribution in [3.63, 3.8) is 0 Å². The molecule has 1 N–H and O–H groups in total. The van der Waals surface area contributed by atoms with Crippen LogP contribution in [0.15, 0.2) is 89.5 Å². The Hall–Kier alpha value is -3.81. The maximum atomic E-state index is 5.88. The fourth-order valence-electron chi connectivity index (χ4n) is 4.66. The molecule has 3 aromatic carbocycles. The van der Waals surface area contributed by atoms with Gasteiger partial charge in [-0.05, 0) is 73.6 Å². The van der Waals surface area contributed by atoms with E-state index in [2.05, 4.69) is 44.5 Å². The van der Waals surface area contributed by atoms with Gasteiger partial charge in [0.05, 0.1) is 13.7 Å². The Balaban J connectivity index is 0.981. The quantitative estimate of drug-likeness (QED) is 0.261. The van der Waals surface area contributed by atoms with Crippen LogP contribution in [0.2, 0.25) is 0 Å². The van der Waals surface area contributed by atoms with Crippen LogP contribution < -0.4 is 19.7 Å². The van der Waals surface area contributed by atoms with Gasteiger partial charge >= 0.3 is 0 Å². The molecule has 198 valence electrons. The van der Waals surface area contributed by atoms with Crippen molar-refractivity contribution in [2.45, 2.75) is 19.6 Å². The third-order valence-corrected chi connectivity index (χ3v) is 6.89. The predicted molar refractivity (Wildman–Crippen MR) is 151 cm³/mol. The first-order chi connectivity index (χ1) is 18.8. The number of ether oxygens (including phenoxy) is 2. The van der Waals surface area contributed by atoms with Crippen LogP contribution in [0.25, 0.3) is 11.3 Å². The molecule has 0 radical (unpaired) electrons. The summed E-state index contributed by atoms with van der Waals surface area (Å²) in [6, 6.07) is 28.5. The van der Waals surface area contributed by atoms with Gasteiger partial charge in [-0.1, -0.05) is 35.5 Å². The van der Waals surface area contributed by atoms with E-state index in [9.17, 15) is 0 Å². The van der Waals surface area contributed by atoms with Crippen LogP contribution in [0.1, 0.15) is 17.7 Å². The molecule has 1 aromatic heterocycles. The summed E-state index contributed by atoms with van der Waals surface area (Å²) in [5, 5.41) is 7.74. The first-order valence-corrected chi connectivity index (χ1v) is 13.3. The van der Waals surface area contributed by atoms with Gasteiger partial charge in [-0.25, -0.2) is 0 Å². The first kappa shape index (κ1) is 25.8. The molecule has 1 saturated heterocycles. The Morgan fingerprint density at radius 1 is 0.868 bits per heavy atom. The molecular formula is C31H36N4O3. The minimum Gasteiger partial charge on any atom is -0.497 e. The number of benzene rings is 3. The average molecular weight is 513 g/mol. The van der Waals surface area contributed by atoms with Gasteiger partial charge in [-0.2, -0.15) is 0 Å². The van der Waals surface area contributed by atoms with Crippen LogP contribution in [-0.2, 0) is 13.2 Å². The van der Waals surface area contributed by atoms with Gasteiger partial charge < -0.3 is 24.2 Å². The SMILES string of the molecule is COc1ccc(N2CCN(CCCNCc3cc(-c4ccc(OCc5ccccc5)cc4)no3)CC2)cc1. The highest BCUT2D eigenvalue weighted by atomic mass is 16.5. The number of rotatable bonds is 12. The summed E-state index contributed by atoms with van der Waals surface area (Å²) in [6.45, 7) is 7.57. The zero-order valence-corrected chi connectivity index (χ0v) is 22.0. The lowest BCUT2D eigenvalue weighted by atomic mass is 10.1. The van der Waals surface area contributed by atoms with Crippen molar-refractivity contribution in [3.05, 3.63) is 96.3 Å². The Morgan fingerprint density at radius 3 is 2.34 bits per heavy atom. The Kier molecular flexibility index (Phi) is 8.92. The monoisotopic (exact) mass is 512 g/mol. The van der Waals surface area contributed by atoms with Gasteiger partial charge in [0.1, 0.15) is 23.8 Å². The molecule has 7 heteroatoms. The van der Waals surface area contributed by atoms with E-state index in [4.69, 9.17) is 14.0 Å². The number of aromatic nitrogens is 1. The summed E-state index contributed by atoms with van der Waals surface area (Å²) in [7, 11) is 1.70. The summed E-state index contributed by atoms with van der Waals surface area (Å²) in [6.07, 6.45) is 1.11. The first-order valence-electron chi connectivity index (χ1n) is 13.3. The highest BCUT2D eigenvalue weighted by Gasteiger charge is 2.17. The van der Waals surface area contributed by atoms with Gasteiger partial charge in [-0.3, -0.25) is 4.90 Å². The molecule has 0 unspecified atom stereocenters. The fourth-order valence-corrected chi connectivity index (χ4v) is 4.66. The Bertz CT molecular complexity index is 1230. The molecule has 5 rings (SSSR count). The third kappa shape index (κ3) is 7.15. The van der Waals surface area contributed by atoms with Crippen molar-refractivity contribution in [1.29, 1.82) is 0 Å². The molecule has 2 heterocycles. The molecule has 0 saturated carbocycles. The molecule has 0 aliphatic carbocycles. The smallest absolute Gasteiger partial charge is 0.151 e. The molecule has 0 atom stereocenters. The van der Waals surface area contributed by atoms with Crippen LogP contribution in [-0.4, -0.2) is 56.4 Å². The van der Waals surface area contributed by atoms with Crippen molar-refractivity contribution in [1.82, 2.24) is 15.4 Å². The van der Waals surface area contributed by atoms with Crippen molar-refractivity contribution in [2.24, 2.45) is 0 Å². The second kappa shape index (κ2) is 13.1. The molecular weight excluding hydrogens is 476 g/mol. The van der Waals surface area contributed by atoms with E-state index in [1.54, 1.807) is 7.11 Å². The van der Waals surface area contributed by atoms with Gasteiger partial charge in [-0.15, -0.1) is 0 Å². The van der Waals surface area contributed by atoms with Gasteiger partial charge in [0.2, 0.25) is 0 Å². The van der Waals surface area contributed by atoms with E-state index in [-0.39, 0.29) is 0 Å². The molecule has 1 aliphatic heterocycles. The van der Waals surface area contributed by atoms with Crippen molar-refractivity contribution >= 4 is 5.69 Å². The molecule has 0 spiro atoms. The van der Waals surface area contributed by atoms with E-state index in [1.165, 1.54) is 5.69 Å². The van der Waals surface area contributed by atoms with Crippen molar-refractivity contribution in [3.8, 4) is 22.8 Å². The highest BCUT2D eigenvalue weighted by Crippen LogP contribution is 2.23. The second-order valence-electron chi connectivity index (χ2n) is 9.53. The molecule has 38 heavy (non-hydrogen) atoms. The van der Waals surface area contributed by atoms with Gasteiger partial charge in [0.15, 0.2) is 5.76 Å². The maximum absolute atomic E-state index is 5.88. The largest absolute Gasteiger partial charge is 0.497 e. The summed E-state index contributed by atoms with van der Waals surface area (Å²) in [5.41, 5.74) is 4.27. The maximum Gasteiger partial charge on any atom is 0.151 e. The second-order valence-corrected chi connectivity index (χ2v) is 9.53. The molecule has 1 fully saturated rings. The summed E-state index contributed by atoms with van der Waals surface area (Å²) >= 11 is 0. The molecule has 1 aliphatic rings. The number of hydrogen-bond acceptors (Lipinski definition) is 7. The Labute approximate surface area is 225 Å². The van der Waals surface area contributed by atoms with Gasteiger partial charge in [0.25, 0.3) is 0 Å². The van der Waals surface area contributed by atoms with E-state index in [1.807, 2.05) is 60.7 Å². The molecule has 0 bridgehead atoms. The molecule has 0 amide bonds. The topological polar surface area (TPSA) is 63.0 Å². The lowest BCUT2D eigenvalue weighted by Gasteiger charge is -2.36. The third-order valence-electron chi connectivity index (χ3n) is 6.89. The van der Waals surface area contributed by atoms with Crippen LogP contribution in [0.5, 0.6) is 11.5 Å². The number of nitrogens with one attached hydrogen (secondary N) is 1. The average Bonchev–Trinajstić information content (AvgIpc) is 3.46. The number of nitrogens with zero attached hydrogens (tertiary/aromatic N) is 3. The van der Waals surface area contributed by atoms with E-state index in [0.717, 1.165) is 79.8 Å². The van der Waals surface area contributed by atoms with E-state index in [0.29, 0.717) is 13.2 Å². The highest BCUT2D eigenvalue weighted by molar-refractivity contribution is 5.59. The summed E-state index contributed by atoms with van der Waals surface area (Å²) in [4.78, 5) is 4.99. The predicted octanol–water partition coefficient (Wildman–Crippen LogP) is 5.23.